The van der Waals surface area contributed by atoms with Crippen molar-refractivity contribution in [3.63, 3.8) is 0 Å². The average molecular weight is 103 g/mol. The monoisotopic (exact) mass is 103 g/mol. The molecule has 1 saturated heterocycles. The number of carbonyl (C=O) groups excluding carboxylic acids is 1. The van der Waals surface area contributed by atoms with Gasteiger partial charge in [-0.05, 0) is 0 Å². The largest absolute Gasteiger partial charge is 0.342 e. The Morgan fingerprint density at radius 1 is 2.00 bits per heavy atom. The van der Waals surface area contributed by atoms with E-state index in [9.17, 15) is 4.79 Å². The number of thiol groups is 1. The maximum absolute atomic E-state index is 9.96. The van der Waals surface area contributed by atoms with Crippen molar-refractivity contribution < 1.29 is 4.79 Å². The second kappa shape index (κ2) is 1.15. The molecule has 0 aromatic heterocycles. The smallest absolute Gasteiger partial charge is 0.244 e. The molecular weight excluding hydrogens is 98.1 g/mol. The highest BCUT2D eigenvalue weighted by Gasteiger charge is 2.30. The van der Waals surface area contributed by atoms with Crippen LogP contribution in [0, 0.1) is 0 Å². The van der Waals surface area contributed by atoms with Gasteiger partial charge in [0.15, 0.2) is 0 Å². The fourth-order valence-electron chi connectivity index (χ4n) is 0.259. The fourth-order valence-corrected chi connectivity index (χ4v) is 0.516. The van der Waals surface area contributed by atoms with Gasteiger partial charge in [0.2, 0.25) is 5.91 Å². The van der Waals surface area contributed by atoms with Crippen molar-refractivity contribution in [3.05, 3.63) is 0 Å². The van der Waals surface area contributed by atoms with Crippen LogP contribution in [0.3, 0.4) is 0 Å². The molecule has 1 unspecified atom stereocenters. The van der Waals surface area contributed by atoms with Gasteiger partial charge in [-0.15, -0.1) is 0 Å². The molecule has 34 valence electrons. The highest BCUT2D eigenvalue weighted by Crippen LogP contribution is 1.99. The van der Waals surface area contributed by atoms with Crippen molar-refractivity contribution in [1.29, 1.82) is 0 Å². The Labute approximate surface area is 41.3 Å². The van der Waals surface area contributed by atoms with E-state index in [0.717, 1.165) is 0 Å². The van der Waals surface area contributed by atoms with Gasteiger partial charge in [-0.25, -0.2) is 0 Å². The Bertz CT molecular complexity index is 82.9. The Morgan fingerprint density at radius 3 is 2.50 bits per heavy atom. The molecule has 0 aromatic carbocycles. The van der Waals surface area contributed by atoms with Crippen LogP contribution >= 0.6 is 12.6 Å². The first kappa shape index (κ1) is 3.99. The molecule has 0 saturated carbocycles. The van der Waals surface area contributed by atoms with Crippen LogP contribution in [-0.2, 0) is 4.79 Å². The summed E-state index contributed by atoms with van der Waals surface area (Å²) >= 11 is 3.85. The molecule has 0 aliphatic carbocycles. The normalized spacial score (nSPS) is 29.5. The molecule has 0 spiro atoms. The Balaban J connectivity index is 2.26. The van der Waals surface area contributed by atoms with Gasteiger partial charge in [0.05, 0.1) is 0 Å². The third-order valence-corrected chi connectivity index (χ3v) is 1.10. The Kier molecular flexibility index (Phi) is 0.765. The molecule has 1 rings (SSSR count). The summed E-state index contributed by atoms with van der Waals surface area (Å²) in [6.07, 6.45) is 0. The number of rotatable bonds is 1. The zero-order valence-electron chi connectivity index (χ0n) is 3.14. The van der Waals surface area contributed by atoms with Gasteiger partial charge in [-0.2, -0.15) is 12.6 Å². The molecular formula is C3H5NOS. The van der Waals surface area contributed by atoms with E-state index in [0.29, 0.717) is 5.75 Å². The predicted octanol–water partition coefficient (Wildman–Crippen LogP) is -0.585. The predicted molar refractivity (Wildman–Crippen MR) is 25.8 cm³/mol. The zero-order valence-corrected chi connectivity index (χ0v) is 4.03. The van der Waals surface area contributed by atoms with Crippen LogP contribution in [0.5, 0.6) is 0 Å². The topological polar surface area (TPSA) is 39.0 Å². The number of hydrogen-bond donors (Lipinski definition) is 2. The lowest BCUT2D eigenvalue weighted by molar-refractivity contribution is -0.110. The van der Waals surface area contributed by atoms with E-state index in [1.807, 2.05) is 0 Å². The van der Waals surface area contributed by atoms with Gasteiger partial charge in [-0.3, -0.25) is 4.79 Å². The average Bonchev–Trinajstić information content (AvgIpc) is 2.19. The van der Waals surface area contributed by atoms with Crippen LogP contribution in [0.2, 0.25) is 0 Å². The molecule has 1 fully saturated rings. The first-order valence-corrected chi connectivity index (χ1v) is 2.39. The van der Waals surface area contributed by atoms with Gasteiger partial charge in [-0.1, -0.05) is 0 Å². The summed E-state index contributed by atoms with van der Waals surface area (Å²) in [6.45, 7) is 0. The lowest BCUT2D eigenvalue weighted by atomic mass is 10.5. The second-order valence-corrected chi connectivity index (χ2v) is 1.61. The van der Waals surface area contributed by atoms with Gasteiger partial charge in [0.25, 0.3) is 0 Å². The van der Waals surface area contributed by atoms with Gasteiger partial charge in [0, 0.05) is 5.75 Å². The summed E-state index contributed by atoms with van der Waals surface area (Å²) in [5, 5.41) is 2.57. The molecule has 2 nitrogen and oxygen atoms in total. The van der Waals surface area contributed by atoms with Crippen LogP contribution in [0.25, 0.3) is 0 Å². The van der Waals surface area contributed by atoms with Gasteiger partial charge in [0.1, 0.15) is 6.04 Å². The first-order chi connectivity index (χ1) is 2.84. The first-order valence-electron chi connectivity index (χ1n) is 1.76. The maximum atomic E-state index is 9.96. The van der Waals surface area contributed by atoms with Gasteiger partial charge < -0.3 is 5.32 Å². The van der Waals surface area contributed by atoms with Crippen molar-refractivity contribution in [2.24, 2.45) is 0 Å². The molecule has 6 heavy (non-hydrogen) atoms. The lowest BCUT2D eigenvalue weighted by Crippen LogP contribution is -1.88. The van der Waals surface area contributed by atoms with Crippen molar-refractivity contribution in [2.45, 2.75) is 6.04 Å². The maximum Gasteiger partial charge on any atom is 0.244 e. The van der Waals surface area contributed by atoms with Crippen LogP contribution in [-0.4, -0.2) is 17.7 Å². The Morgan fingerprint density at radius 2 is 2.50 bits per heavy atom. The molecule has 3 heteroatoms. The molecule has 0 radical (unpaired) electrons. The third kappa shape index (κ3) is 0.497. The second-order valence-electron chi connectivity index (χ2n) is 1.24. The molecule has 0 bridgehead atoms. The molecule has 1 amide bonds. The van der Waals surface area contributed by atoms with Crippen molar-refractivity contribution in [1.82, 2.24) is 5.32 Å². The fraction of sp³-hybridized carbons (Fsp3) is 0.667. The number of hydrogen-bond acceptors (Lipinski definition) is 2. The highest BCUT2D eigenvalue weighted by molar-refractivity contribution is 7.80. The third-order valence-electron chi connectivity index (χ3n) is 0.732. The minimum atomic E-state index is 0.0772. The van der Waals surface area contributed by atoms with Crippen LogP contribution in [0.1, 0.15) is 0 Å². The van der Waals surface area contributed by atoms with E-state index in [-0.39, 0.29) is 11.9 Å². The summed E-state index contributed by atoms with van der Waals surface area (Å²) in [5.41, 5.74) is 0. The SMILES string of the molecule is O=C1NC1CS. The van der Waals surface area contributed by atoms with E-state index in [2.05, 4.69) is 17.9 Å². The molecule has 0 aromatic rings. The van der Waals surface area contributed by atoms with Gasteiger partial charge >= 0.3 is 0 Å². The molecule has 1 aliphatic rings. The lowest BCUT2D eigenvalue weighted by Gasteiger charge is -1.68. The van der Waals surface area contributed by atoms with Crippen molar-refractivity contribution >= 4 is 18.5 Å². The Hall–Kier alpha value is -0.180. The zero-order chi connectivity index (χ0) is 4.57. The summed E-state index contributed by atoms with van der Waals surface area (Å²) in [5.74, 6) is 0.767. The summed E-state index contributed by atoms with van der Waals surface area (Å²) < 4.78 is 0. The molecule has 1 heterocycles. The highest BCUT2D eigenvalue weighted by atomic mass is 32.1. The van der Waals surface area contributed by atoms with E-state index >= 15 is 0 Å². The molecule has 1 N–H and O–H groups in total. The standard InChI is InChI=1S/C3H5NOS/c5-3-2(1-6)4-3/h2,6H,1H2,(H,4,5). The van der Waals surface area contributed by atoms with Crippen LogP contribution in [0.15, 0.2) is 0 Å². The number of carbonyl (C=O) groups is 1. The minimum Gasteiger partial charge on any atom is -0.342 e. The quantitative estimate of drug-likeness (QED) is 0.338. The van der Waals surface area contributed by atoms with Crippen LogP contribution in [0.4, 0.5) is 0 Å². The summed E-state index contributed by atoms with van der Waals surface area (Å²) in [7, 11) is 0. The number of amides is 1. The minimum absolute atomic E-state index is 0.0772. The van der Waals surface area contributed by atoms with E-state index < -0.39 is 0 Å². The molecule has 1 aliphatic heterocycles. The van der Waals surface area contributed by atoms with E-state index in [4.69, 9.17) is 0 Å². The van der Waals surface area contributed by atoms with Crippen molar-refractivity contribution in [3.8, 4) is 0 Å². The summed E-state index contributed by atoms with van der Waals surface area (Å²) in [4.78, 5) is 9.96. The van der Waals surface area contributed by atoms with E-state index in [1.165, 1.54) is 0 Å². The van der Waals surface area contributed by atoms with Crippen molar-refractivity contribution in [2.75, 3.05) is 5.75 Å². The molecule has 1 atom stereocenters. The number of nitrogens with one attached hydrogen (secondary N) is 1. The summed E-state index contributed by atoms with van der Waals surface area (Å²) in [6, 6.07) is 0.0772. The van der Waals surface area contributed by atoms with Crippen LogP contribution < -0.4 is 5.32 Å². The van der Waals surface area contributed by atoms with E-state index in [1.54, 1.807) is 0 Å².